The first-order valence-corrected chi connectivity index (χ1v) is 8.15. The largest absolute Gasteiger partial charge is 0.497 e. The van der Waals surface area contributed by atoms with Crippen molar-refractivity contribution in [2.24, 2.45) is 0 Å². The number of imide groups is 1. The summed E-state index contributed by atoms with van der Waals surface area (Å²) in [5, 5.41) is 13.8. The van der Waals surface area contributed by atoms with Gasteiger partial charge in [-0.25, -0.2) is 9.59 Å². The highest BCUT2D eigenvalue weighted by Crippen LogP contribution is 2.16. The number of nitrogens with one attached hydrogen (secondary N) is 2. The molecular formula is C19H23N3O5. The van der Waals surface area contributed by atoms with Crippen molar-refractivity contribution in [3.63, 3.8) is 0 Å². The zero-order valence-electron chi connectivity index (χ0n) is 16.0. The monoisotopic (exact) mass is 373 g/mol. The third-order valence-corrected chi connectivity index (χ3v) is 3.12. The van der Waals surface area contributed by atoms with E-state index < -0.39 is 29.6 Å². The van der Waals surface area contributed by atoms with Crippen LogP contribution < -0.4 is 15.4 Å². The lowest BCUT2D eigenvalue weighted by molar-refractivity contribution is -0.150. The predicted octanol–water partition coefficient (Wildman–Crippen LogP) is 2.16. The molecule has 0 heterocycles. The number of carbonyl (C=O) groups is 3. The SMILES string of the molecule is COc1cccc(/C=C(\C#N)C(=O)O[C@@H](C)C(=O)NC(=O)NC(C)(C)C)c1. The van der Waals surface area contributed by atoms with Crippen LogP contribution in [0, 0.1) is 11.3 Å². The molecule has 3 amide bonds. The highest BCUT2D eigenvalue weighted by molar-refractivity contribution is 6.01. The van der Waals surface area contributed by atoms with E-state index in [4.69, 9.17) is 9.47 Å². The van der Waals surface area contributed by atoms with Crippen molar-refractivity contribution >= 4 is 24.0 Å². The summed E-state index contributed by atoms with van der Waals surface area (Å²) in [7, 11) is 1.50. The number of amides is 3. The average molecular weight is 373 g/mol. The van der Waals surface area contributed by atoms with Gasteiger partial charge < -0.3 is 14.8 Å². The highest BCUT2D eigenvalue weighted by Gasteiger charge is 2.23. The molecule has 0 fully saturated rings. The summed E-state index contributed by atoms with van der Waals surface area (Å²) < 4.78 is 10.1. The molecule has 1 atom stereocenters. The van der Waals surface area contributed by atoms with Crippen LogP contribution in [-0.4, -0.2) is 36.7 Å². The molecule has 0 aliphatic carbocycles. The minimum absolute atomic E-state index is 0.290. The molecule has 0 saturated carbocycles. The second kappa shape index (κ2) is 9.38. The molecular weight excluding hydrogens is 350 g/mol. The van der Waals surface area contributed by atoms with E-state index in [0.717, 1.165) is 0 Å². The maximum atomic E-state index is 12.1. The molecule has 0 unspecified atom stereocenters. The molecule has 144 valence electrons. The summed E-state index contributed by atoms with van der Waals surface area (Å²) in [6.07, 6.45) is 0.0622. The summed E-state index contributed by atoms with van der Waals surface area (Å²) in [5.41, 5.74) is -0.260. The summed E-state index contributed by atoms with van der Waals surface area (Å²) in [4.78, 5) is 35.8. The van der Waals surface area contributed by atoms with Gasteiger partial charge in [-0.1, -0.05) is 12.1 Å². The van der Waals surface area contributed by atoms with Crippen LogP contribution >= 0.6 is 0 Å². The molecule has 1 aromatic carbocycles. The maximum Gasteiger partial charge on any atom is 0.349 e. The number of nitrogens with zero attached hydrogens (tertiary/aromatic N) is 1. The Balaban J connectivity index is 2.76. The number of methoxy groups -OCH3 is 1. The van der Waals surface area contributed by atoms with Gasteiger partial charge in [0, 0.05) is 5.54 Å². The number of esters is 1. The highest BCUT2D eigenvalue weighted by atomic mass is 16.5. The lowest BCUT2D eigenvalue weighted by Crippen LogP contribution is -2.50. The normalized spacial score (nSPS) is 12.4. The Morgan fingerprint density at radius 3 is 2.48 bits per heavy atom. The third kappa shape index (κ3) is 7.61. The van der Waals surface area contributed by atoms with E-state index in [0.29, 0.717) is 11.3 Å². The van der Waals surface area contributed by atoms with Crippen molar-refractivity contribution in [2.45, 2.75) is 39.3 Å². The lowest BCUT2D eigenvalue weighted by Gasteiger charge is -2.21. The fourth-order valence-electron chi connectivity index (χ4n) is 1.90. The van der Waals surface area contributed by atoms with E-state index in [-0.39, 0.29) is 5.57 Å². The Hall–Kier alpha value is -3.34. The first kappa shape index (κ1) is 21.7. The van der Waals surface area contributed by atoms with Gasteiger partial charge >= 0.3 is 12.0 Å². The van der Waals surface area contributed by atoms with E-state index in [1.807, 2.05) is 0 Å². The molecule has 0 aliphatic rings. The van der Waals surface area contributed by atoms with Crippen LogP contribution in [0.25, 0.3) is 6.08 Å². The zero-order chi connectivity index (χ0) is 20.6. The van der Waals surface area contributed by atoms with Crippen LogP contribution in [0.4, 0.5) is 4.79 Å². The van der Waals surface area contributed by atoms with Crippen molar-refractivity contribution in [1.29, 1.82) is 5.26 Å². The van der Waals surface area contributed by atoms with Gasteiger partial charge in [0.1, 0.15) is 17.4 Å². The molecule has 1 aromatic rings. The summed E-state index contributed by atoms with van der Waals surface area (Å²) in [6, 6.07) is 7.77. The number of urea groups is 1. The van der Waals surface area contributed by atoms with Gasteiger partial charge in [-0.2, -0.15) is 5.26 Å². The second-order valence-corrected chi connectivity index (χ2v) is 6.69. The van der Waals surface area contributed by atoms with E-state index in [1.165, 1.54) is 20.1 Å². The fraction of sp³-hybridized carbons (Fsp3) is 0.368. The van der Waals surface area contributed by atoms with Crippen LogP contribution in [0.15, 0.2) is 29.8 Å². The van der Waals surface area contributed by atoms with E-state index in [1.54, 1.807) is 51.1 Å². The molecule has 8 heteroatoms. The standard InChI is InChI=1S/C19H23N3O5/c1-12(16(23)21-18(25)22-19(2,3)4)27-17(24)14(11-20)9-13-7-6-8-15(10-13)26-5/h6-10,12H,1-5H3,(H2,21,22,23,25)/b14-9+/t12-/m0/s1. The maximum absolute atomic E-state index is 12.1. The molecule has 0 spiro atoms. The fourth-order valence-corrected chi connectivity index (χ4v) is 1.90. The van der Waals surface area contributed by atoms with Gasteiger partial charge in [-0.3, -0.25) is 10.1 Å². The van der Waals surface area contributed by atoms with Crippen LogP contribution in [-0.2, 0) is 14.3 Å². The molecule has 0 radical (unpaired) electrons. The smallest absolute Gasteiger partial charge is 0.349 e. The van der Waals surface area contributed by atoms with Gasteiger partial charge in [0.05, 0.1) is 7.11 Å². The van der Waals surface area contributed by atoms with Crippen LogP contribution in [0.5, 0.6) is 5.75 Å². The van der Waals surface area contributed by atoms with Crippen molar-refractivity contribution in [1.82, 2.24) is 10.6 Å². The van der Waals surface area contributed by atoms with Crippen LogP contribution in [0.2, 0.25) is 0 Å². The number of carbonyl (C=O) groups excluding carboxylic acids is 3. The minimum atomic E-state index is -1.26. The summed E-state index contributed by atoms with van der Waals surface area (Å²) in [6.45, 7) is 6.56. The number of ether oxygens (including phenoxy) is 2. The van der Waals surface area contributed by atoms with Crippen molar-refractivity contribution in [2.75, 3.05) is 7.11 Å². The zero-order valence-corrected chi connectivity index (χ0v) is 16.0. The van der Waals surface area contributed by atoms with Crippen molar-refractivity contribution in [3.8, 4) is 11.8 Å². The molecule has 0 aliphatic heterocycles. The van der Waals surface area contributed by atoms with Gasteiger partial charge in [0.25, 0.3) is 5.91 Å². The minimum Gasteiger partial charge on any atom is -0.497 e. The Bertz CT molecular complexity index is 787. The molecule has 0 aromatic heterocycles. The number of hydrogen-bond donors (Lipinski definition) is 2. The number of nitriles is 1. The van der Waals surface area contributed by atoms with E-state index >= 15 is 0 Å². The topological polar surface area (TPSA) is 118 Å². The molecule has 8 nitrogen and oxygen atoms in total. The van der Waals surface area contributed by atoms with Gasteiger partial charge in [-0.05, 0) is 51.5 Å². The lowest BCUT2D eigenvalue weighted by atomic mass is 10.1. The number of hydrogen-bond acceptors (Lipinski definition) is 6. The molecule has 0 bridgehead atoms. The average Bonchev–Trinajstić information content (AvgIpc) is 2.57. The van der Waals surface area contributed by atoms with Gasteiger partial charge in [0.2, 0.25) is 0 Å². The van der Waals surface area contributed by atoms with Gasteiger partial charge in [-0.15, -0.1) is 0 Å². The van der Waals surface area contributed by atoms with Crippen molar-refractivity contribution in [3.05, 3.63) is 35.4 Å². The first-order valence-electron chi connectivity index (χ1n) is 8.15. The first-order chi connectivity index (χ1) is 12.6. The number of rotatable bonds is 5. The Labute approximate surface area is 158 Å². The Morgan fingerprint density at radius 2 is 1.93 bits per heavy atom. The molecule has 27 heavy (non-hydrogen) atoms. The van der Waals surface area contributed by atoms with Gasteiger partial charge in [0.15, 0.2) is 6.10 Å². The third-order valence-electron chi connectivity index (χ3n) is 3.12. The molecule has 0 saturated heterocycles. The second-order valence-electron chi connectivity index (χ2n) is 6.69. The quantitative estimate of drug-likeness (QED) is 0.464. The molecule has 1 rings (SSSR count). The van der Waals surface area contributed by atoms with E-state index in [9.17, 15) is 19.6 Å². The molecule has 2 N–H and O–H groups in total. The predicted molar refractivity (Wildman–Crippen MR) is 98.6 cm³/mol. The summed E-state index contributed by atoms with van der Waals surface area (Å²) in [5.74, 6) is -1.21. The Kier molecular flexibility index (Phi) is 7.54. The number of benzene rings is 1. The van der Waals surface area contributed by atoms with Crippen LogP contribution in [0.3, 0.4) is 0 Å². The van der Waals surface area contributed by atoms with Crippen LogP contribution in [0.1, 0.15) is 33.3 Å². The Morgan fingerprint density at radius 1 is 1.26 bits per heavy atom. The summed E-state index contributed by atoms with van der Waals surface area (Å²) >= 11 is 0. The van der Waals surface area contributed by atoms with E-state index in [2.05, 4.69) is 10.6 Å². The van der Waals surface area contributed by atoms with Crippen molar-refractivity contribution < 1.29 is 23.9 Å².